The van der Waals surface area contributed by atoms with Crippen molar-refractivity contribution in [2.75, 3.05) is 20.3 Å². The van der Waals surface area contributed by atoms with E-state index in [0.29, 0.717) is 40.9 Å². The second-order valence-electron chi connectivity index (χ2n) is 9.35. The Balaban J connectivity index is 1.28. The van der Waals surface area contributed by atoms with Gasteiger partial charge in [-0.05, 0) is 51.4 Å². The lowest BCUT2D eigenvalue weighted by molar-refractivity contribution is -0.183. The number of hydrogen-bond acceptors (Lipinski definition) is 8. The minimum absolute atomic E-state index is 0.256. The number of aldehydes is 1. The molecule has 0 amide bonds. The van der Waals surface area contributed by atoms with Crippen LogP contribution in [0.1, 0.15) is 45.8 Å². The molecule has 1 saturated heterocycles. The van der Waals surface area contributed by atoms with Gasteiger partial charge in [-0.2, -0.15) is 0 Å². The van der Waals surface area contributed by atoms with E-state index in [4.69, 9.17) is 14.0 Å². The van der Waals surface area contributed by atoms with Crippen LogP contribution in [0.15, 0.2) is 35.1 Å². The van der Waals surface area contributed by atoms with Crippen LogP contribution < -0.4 is 4.74 Å². The van der Waals surface area contributed by atoms with E-state index in [1.807, 2.05) is 32.0 Å². The number of ether oxygens (including phenoxy) is 2. The molecule has 0 bridgehead atoms. The predicted octanol–water partition coefficient (Wildman–Crippen LogP) is 3.75. The van der Waals surface area contributed by atoms with Gasteiger partial charge in [0.2, 0.25) is 5.88 Å². The van der Waals surface area contributed by atoms with Gasteiger partial charge in [-0.1, -0.05) is 5.16 Å². The summed E-state index contributed by atoms with van der Waals surface area (Å²) >= 11 is 0. The average molecular weight is 449 g/mol. The Labute approximate surface area is 192 Å². The molecule has 172 valence electrons. The van der Waals surface area contributed by atoms with Crippen LogP contribution in [0, 0.1) is 19.3 Å². The Morgan fingerprint density at radius 1 is 1.21 bits per heavy atom. The Kier molecular flexibility index (Phi) is 5.72. The van der Waals surface area contributed by atoms with E-state index in [-0.39, 0.29) is 6.61 Å². The third-order valence-corrected chi connectivity index (χ3v) is 6.86. The number of aryl methyl sites for hydroxylation is 2. The molecule has 0 unspecified atom stereocenters. The summed E-state index contributed by atoms with van der Waals surface area (Å²) in [6.07, 6.45) is 6.52. The fourth-order valence-corrected chi connectivity index (χ4v) is 4.63. The largest absolute Gasteiger partial charge is 0.473 e. The lowest BCUT2D eigenvalue weighted by Gasteiger charge is -2.55. The summed E-state index contributed by atoms with van der Waals surface area (Å²) in [6.45, 7) is 6.49. The third-order valence-electron chi connectivity index (χ3n) is 6.86. The molecule has 1 aliphatic heterocycles. The molecule has 5 rings (SSSR count). The van der Waals surface area contributed by atoms with Crippen molar-refractivity contribution in [1.82, 2.24) is 20.0 Å². The minimum Gasteiger partial charge on any atom is -0.473 e. The normalized spacial score (nSPS) is 17.1. The molecule has 8 heteroatoms. The molecule has 0 N–H and O–H groups in total. The summed E-state index contributed by atoms with van der Waals surface area (Å²) in [5, 5.41) is 4.19. The molecule has 0 radical (unpaired) electrons. The molecule has 3 aromatic rings. The highest BCUT2D eigenvalue weighted by atomic mass is 16.5. The smallest absolute Gasteiger partial charge is 0.213 e. The topological polar surface area (TPSA) is 90.6 Å². The van der Waals surface area contributed by atoms with Gasteiger partial charge in [0, 0.05) is 53.3 Å². The molecule has 1 spiro atoms. The first-order valence-electron chi connectivity index (χ1n) is 11.2. The van der Waals surface area contributed by atoms with Crippen molar-refractivity contribution in [2.24, 2.45) is 5.41 Å². The molecule has 0 atom stereocenters. The van der Waals surface area contributed by atoms with Crippen LogP contribution >= 0.6 is 0 Å². The SMILES string of the molecule is Cc1ccc(-c2noc(C)c2COc2cc(CN(C)C3CC4(COC4)C3)c(C=O)cn2)cn1. The van der Waals surface area contributed by atoms with Gasteiger partial charge < -0.3 is 14.0 Å². The summed E-state index contributed by atoms with van der Waals surface area (Å²) in [5.41, 5.74) is 5.27. The van der Waals surface area contributed by atoms with Gasteiger partial charge in [0.25, 0.3) is 0 Å². The van der Waals surface area contributed by atoms with Crippen LogP contribution in [0.3, 0.4) is 0 Å². The maximum atomic E-state index is 11.6. The van der Waals surface area contributed by atoms with E-state index in [9.17, 15) is 4.79 Å². The molecule has 2 aliphatic rings. The lowest BCUT2D eigenvalue weighted by Crippen LogP contribution is -2.58. The fourth-order valence-electron chi connectivity index (χ4n) is 4.63. The predicted molar refractivity (Wildman–Crippen MR) is 121 cm³/mol. The molecule has 3 aromatic heterocycles. The zero-order valence-corrected chi connectivity index (χ0v) is 19.2. The Morgan fingerprint density at radius 3 is 2.70 bits per heavy atom. The number of carbonyl (C=O) groups excluding carboxylic acids is 1. The van der Waals surface area contributed by atoms with E-state index >= 15 is 0 Å². The van der Waals surface area contributed by atoms with Gasteiger partial charge in [0.1, 0.15) is 18.1 Å². The Hall–Kier alpha value is -3.10. The highest BCUT2D eigenvalue weighted by molar-refractivity contribution is 5.76. The Bertz CT molecular complexity index is 1150. The first-order chi connectivity index (χ1) is 16.0. The standard InChI is InChI=1S/C25H28N4O4/c1-16-4-5-18(9-26-16)24-22(17(2)33-28-24)13-32-23-6-19(20(12-30)10-27-23)11-29(3)21-7-25(8-21)14-31-15-25/h4-6,9-10,12,21H,7-8,11,13-15H2,1-3H3. The summed E-state index contributed by atoms with van der Waals surface area (Å²) in [5.74, 6) is 1.16. The van der Waals surface area contributed by atoms with E-state index in [1.54, 1.807) is 12.4 Å². The quantitative estimate of drug-likeness (QED) is 0.481. The number of rotatable bonds is 8. The summed E-state index contributed by atoms with van der Waals surface area (Å²) < 4.78 is 16.8. The monoisotopic (exact) mass is 448 g/mol. The molecule has 33 heavy (non-hydrogen) atoms. The maximum Gasteiger partial charge on any atom is 0.213 e. The molecule has 2 fully saturated rings. The fraction of sp³-hybridized carbons (Fsp3) is 0.440. The second kappa shape index (κ2) is 8.68. The minimum atomic E-state index is 0.256. The van der Waals surface area contributed by atoms with Crippen LogP contribution in [-0.2, 0) is 17.9 Å². The Morgan fingerprint density at radius 2 is 2.03 bits per heavy atom. The van der Waals surface area contributed by atoms with Crippen LogP contribution in [0.25, 0.3) is 11.3 Å². The van der Waals surface area contributed by atoms with E-state index < -0.39 is 0 Å². The molecule has 1 aliphatic carbocycles. The van der Waals surface area contributed by atoms with Gasteiger partial charge in [0.05, 0.1) is 18.8 Å². The first-order valence-corrected chi connectivity index (χ1v) is 11.2. The molecular weight excluding hydrogens is 420 g/mol. The number of carbonyl (C=O) groups is 1. The third kappa shape index (κ3) is 4.28. The van der Waals surface area contributed by atoms with Crippen LogP contribution in [0.2, 0.25) is 0 Å². The average Bonchev–Trinajstić information content (AvgIpc) is 3.11. The van der Waals surface area contributed by atoms with Crippen molar-refractivity contribution in [3.05, 3.63) is 58.7 Å². The van der Waals surface area contributed by atoms with Gasteiger partial charge >= 0.3 is 0 Å². The van der Waals surface area contributed by atoms with Crippen LogP contribution in [0.5, 0.6) is 5.88 Å². The molecule has 1 saturated carbocycles. The summed E-state index contributed by atoms with van der Waals surface area (Å²) in [4.78, 5) is 22.6. The summed E-state index contributed by atoms with van der Waals surface area (Å²) in [6, 6.07) is 6.27. The summed E-state index contributed by atoms with van der Waals surface area (Å²) in [7, 11) is 2.11. The van der Waals surface area contributed by atoms with Crippen molar-refractivity contribution < 1.29 is 18.8 Å². The number of pyridine rings is 2. The van der Waals surface area contributed by atoms with E-state index in [0.717, 1.165) is 54.7 Å². The van der Waals surface area contributed by atoms with Gasteiger partial charge in [-0.15, -0.1) is 0 Å². The molecule has 0 aromatic carbocycles. The maximum absolute atomic E-state index is 11.6. The molecule has 8 nitrogen and oxygen atoms in total. The van der Waals surface area contributed by atoms with Crippen molar-refractivity contribution in [1.29, 1.82) is 0 Å². The highest BCUT2D eigenvalue weighted by Gasteiger charge is 2.50. The second-order valence-corrected chi connectivity index (χ2v) is 9.35. The molecular formula is C25H28N4O4. The van der Waals surface area contributed by atoms with Crippen molar-refractivity contribution >= 4 is 6.29 Å². The van der Waals surface area contributed by atoms with Gasteiger partial charge in [0.15, 0.2) is 6.29 Å². The van der Waals surface area contributed by atoms with Crippen LogP contribution in [0.4, 0.5) is 0 Å². The van der Waals surface area contributed by atoms with Crippen molar-refractivity contribution in [2.45, 2.75) is 45.9 Å². The number of aromatic nitrogens is 3. The number of hydrogen-bond donors (Lipinski definition) is 0. The molecule has 4 heterocycles. The zero-order chi connectivity index (χ0) is 23.0. The highest BCUT2D eigenvalue weighted by Crippen LogP contribution is 2.48. The first kappa shape index (κ1) is 21.7. The van der Waals surface area contributed by atoms with E-state index in [2.05, 4.69) is 27.1 Å². The van der Waals surface area contributed by atoms with Gasteiger partial charge in [-0.25, -0.2) is 4.98 Å². The lowest BCUT2D eigenvalue weighted by atomic mass is 9.63. The zero-order valence-electron chi connectivity index (χ0n) is 19.2. The van der Waals surface area contributed by atoms with Gasteiger partial charge in [-0.3, -0.25) is 14.7 Å². The van der Waals surface area contributed by atoms with Crippen LogP contribution in [-0.4, -0.2) is 52.6 Å². The van der Waals surface area contributed by atoms with E-state index in [1.165, 1.54) is 0 Å². The number of nitrogens with zero attached hydrogens (tertiary/aromatic N) is 4. The van der Waals surface area contributed by atoms with Crippen molar-refractivity contribution in [3.8, 4) is 17.1 Å². The van der Waals surface area contributed by atoms with Crippen molar-refractivity contribution in [3.63, 3.8) is 0 Å².